The average Bonchev–Trinajstić information content (AvgIpc) is 2.45. The highest BCUT2D eigenvalue weighted by Crippen LogP contribution is 2.20. The van der Waals surface area contributed by atoms with E-state index in [1.165, 1.54) is 0 Å². The summed E-state index contributed by atoms with van der Waals surface area (Å²) in [6.45, 7) is 7.42. The third kappa shape index (κ3) is 3.04. The van der Waals surface area contributed by atoms with Crippen LogP contribution in [0.4, 0.5) is 0 Å². The lowest BCUT2D eigenvalue weighted by atomic mass is 10.1. The predicted molar refractivity (Wildman–Crippen MR) is 62.4 cm³/mol. The Labute approximate surface area is 94.1 Å². The molecule has 0 aliphatic heterocycles. The van der Waals surface area contributed by atoms with Crippen LogP contribution in [0.3, 0.4) is 0 Å². The van der Waals surface area contributed by atoms with Crippen molar-refractivity contribution in [3.63, 3.8) is 0 Å². The Morgan fingerprint density at radius 3 is 2.53 bits per heavy atom. The minimum atomic E-state index is -0.570. The molecule has 4 heteroatoms. The zero-order valence-corrected chi connectivity index (χ0v) is 10.4. The van der Waals surface area contributed by atoms with Crippen LogP contribution in [0.15, 0.2) is 6.07 Å². The van der Waals surface area contributed by atoms with E-state index >= 15 is 0 Å². The van der Waals surface area contributed by atoms with Gasteiger partial charge in [-0.3, -0.25) is 4.79 Å². The number of thiophene rings is 1. The predicted octanol–water partition coefficient (Wildman–Crippen LogP) is 1.87. The molecule has 15 heavy (non-hydrogen) atoms. The molecule has 2 N–H and O–H groups in total. The van der Waals surface area contributed by atoms with E-state index in [0.29, 0.717) is 5.56 Å². The molecule has 0 saturated heterocycles. The number of aliphatic hydroxyl groups excluding tert-OH is 1. The molecule has 0 aliphatic rings. The van der Waals surface area contributed by atoms with Crippen LogP contribution in [0.25, 0.3) is 0 Å². The summed E-state index contributed by atoms with van der Waals surface area (Å²) >= 11 is 1.61. The highest BCUT2D eigenvalue weighted by molar-refractivity contribution is 7.12. The van der Waals surface area contributed by atoms with Crippen LogP contribution in [-0.2, 0) is 0 Å². The number of aryl methyl sites for hydroxylation is 2. The molecule has 0 aromatic carbocycles. The van der Waals surface area contributed by atoms with Gasteiger partial charge in [0, 0.05) is 9.75 Å². The quantitative estimate of drug-likeness (QED) is 0.828. The fraction of sp³-hybridized carbons (Fsp3) is 0.545. The third-order valence-corrected chi connectivity index (χ3v) is 3.10. The second kappa shape index (κ2) is 4.33. The van der Waals surface area contributed by atoms with Gasteiger partial charge in [0.1, 0.15) is 0 Å². The second-order valence-corrected chi connectivity index (χ2v) is 5.78. The van der Waals surface area contributed by atoms with Gasteiger partial charge in [0.2, 0.25) is 0 Å². The van der Waals surface area contributed by atoms with Crippen LogP contribution in [-0.4, -0.2) is 23.2 Å². The second-order valence-electron chi connectivity index (χ2n) is 4.32. The van der Waals surface area contributed by atoms with Gasteiger partial charge >= 0.3 is 0 Å². The van der Waals surface area contributed by atoms with Gasteiger partial charge in [-0.25, -0.2) is 0 Å². The summed E-state index contributed by atoms with van der Waals surface area (Å²) in [6.07, 6.45) is 0. The molecule has 3 nitrogen and oxygen atoms in total. The van der Waals surface area contributed by atoms with Crippen molar-refractivity contribution in [3.8, 4) is 0 Å². The van der Waals surface area contributed by atoms with Crippen molar-refractivity contribution in [3.05, 3.63) is 21.4 Å². The Kier molecular flexibility index (Phi) is 3.52. The summed E-state index contributed by atoms with van der Waals surface area (Å²) in [5.74, 6) is -0.115. The number of amides is 1. The third-order valence-electron chi connectivity index (χ3n) is 2.13. The number of hydrogen-bond donors (Lipinski definition) is 2. The molecule has 1 rings (SSSR count). The average molecular weight is 227 g/mol. The molecule has 0 aliphatic carbocycles. The van der Waals surface area contributed by atoms with Crippen molar-refractivity contribution in [2.24, 2.45) is 0 Å². The number of hydrogen-bond acceptors (Lipinski definition) is 3. The summed E-state index contributed by atoms with van der Waals surface area (Å²) < 4.78 is 0. The van der Waals surface area contributed by atoms with Gasteiger partial charge in [-0.1, -0.05) is 0 Å². The minimum Gasteiger partial charge on any atom is -0.394 e. The lowest BCUT2D eigenvalue weighted by molar-refractivity contribution is 0.0869. The monoisotopic (exact) mass is 227 g/mol. The molecule has 0 unspecified atom stereocenters. The number of carbonyl (C=O) groups is 1. The van der Waals surface area contributed by atoms with E-state index in [4.69, 9.17) is 5.11 Å². The van der Waals surface area contributed by atoms with Crippen molar-refractivity contribution in [1.29, 1.82) is 0 Å². The molecule has 0 atom stereocenters. The molecule has 0 saturated carbocycles. The number of carbonyl (C=O) groups excluding carboxylic acids is 1. The van der Waals surface area contributed by atoms with Crippen molar-refractivity contribution in [1.82, 2.24) is 5.32 Å². The number of rotatable bonds is 3. The van der Waals surface area contributed by atoms with Crippen molar-refractivity contribution >= 4 is 17.2 Å². The maximum absolute atomic E-state index is 11.8. The SMILES string of the molecule is Cc1cc(C(=O)NC(C)(C)CO)c(C)s1. The largest absolute Gasteiger partial charge is 0.394 e. The van der Waals surface area contributed by atoms with Crippen molar-refractivity contribution < 1.29 is 9.90 Å². The molecule has 1 aromatic heterocycles. The van der Waals surface area contributed by atoms with Gasteiger partial charge in [0.25, 0.3) is 5.91 Å². The van der Waals surface area contributed by atoms with Crippen LogP contribution in [0.5, 0.6) is 0 Å². The van der Waals surface area contributed by atoms with E-state index in [1.807, 2.05) is 19.9 Å². The molecule has 0 radical (unpaired) electrons. The van der Waals surface area contributed by atoms with E-state index in [-0.39, 0.29) is 12.5 Å². The Morgan fingerprint density at radius 2 is 2.13 bits per heavy atom. The van der Waals surface area contributed by atoms with E-state index in [1.54, 1.807) is 25.2 Å². The zero-order chi connectivity index (χ0) is 11.6. The van der Waals surface area contributed by atoms with E-state index < -0.39 is 5.54 Å². The first-order valence-electron chi connectivity index (χ1n) is 4.86. The van der Waals surface area contributed by atoms with Gasteiger partial charge in [0.05, 0.1) is 17.7 Å². The molecule has 0 bridgehead atoms. The summed E-state index contributed by atoms with van der Waals surface area (Å²) in [5, 5.41) is 11.8. The van der Waals surface area contributed by atoms with E-state index in [0.717, 1.165) is 9.75 Å². The lowest BCUT2D eigenvalue weighted by Gasteiger charge is -2.23. The first-order chi connectivity index (χ1) is 6.85. The van der Waals surface area contributed by atoms with Crippen molar-refractivity contribution in [2.45, 2.75) is 33.2 Å². The summed E-state index contributed by atoms with van der Waals surface area (Å²) in [4.78, 5) is 14.0. The molecular weight excluding hydrogens is 210 g/mol. The van der Waals surface area contributed by atoms with Gasteiger partial charge in [-0.2, -0.15) is 0 Å². The summed E-state index contributed by atoms with van der Waals surface area (Å²) in [6, 6.07) is 1.88. The maximum atomic E-state index is 11.8. The zero-order valence-electron chi connectivity index (χ0n) is 9.55. The molecule has 1 aromatic rings. The Bertz CT molecular complexity index is 369. The Balaban J connectivity index is 2.82. The normalized spacial score (nSPS) is 11.5. The molecule has 0 spiro atoms. The molecule has 1 amide bonds. The van der Waals surface area contributed by atoms with E-state index in [2.05, 4.69) is 5.32 Å². The van der Waals surface area contributed by atoms with Gasteiger partial charge in [0.15, 0.2) is 0 Å². The minimum absolute atomic E-state index is 0.0685. The van der Waals surface area contributed by atoms with E-state index in [9.17, 15) is 4.79 Å². The fourth-order valence-corrected chi connectivity index (χ4v) is 2.19. The van der Waals surface area contributed by atoms with Crippen LogP contribution < -0.4 is 5.32 Å². The first-order valence-corrected chi connectivity index (χ1v) is 5.68. The highest BCUT2D eigenvalue weighted by Gasteiger charge is 2.21. The summed E-state index contributed by atoms with van der Waals surface area (Å²) in [5.41, 5.74) is 0.137. The lowest BCUT2D eigenvalue weighted by Crippen LogP contribution is -2.46. The smallest absolute Gasteiger partial charge is 0.252 e. The Morgan fingerprint density at radius 1 is 1.53 bits per heavy atom. The van der Waals surface area contributed by atoms with Gasteiger partial charge in [-0.05, 0) is 33.8 Å². The topological polar surface area (TPSA) is 49.3 Å². The Hall–Kier alpha value is -0.870. The molecule has 0 fully saturated rings. The van der Waals surface area contributed by atoms with Crippen LogP contribution >= 0.6 is 11.3 Å². The van der Waals surface area contributed by atoms with Crippen LogP contribution in [0, 0.1) is 13.8 Å². The summed E-state index contributed by atoms with van der Waals surface area (Å²) in [7, 11) is 0. The van der Waals surface area contributed by atoms with Crippen LogP contribution in [0.2, 0.25) is 0 Å². The molecule has 1 heterocycles. The number of nitrogens with one attached hydrogen (secondary N) is 1. The standard InChI is InChI=1S/C11H17NO2S/c1-7-5-9(8(2)15-7)10(14)12-11(3,4)6-13/h5,13H,6H2,1-4H3,(H,12,14). The first kappa shape index (κ1) is 12.2. The van der Waals surface area contributed by atoms with Crippen LogP contribution in [0.1, 0.15) is 34.0 Å². The van der Waals surface area contributed by atoms with Crippen molar-refractivity contribution in [2.75, 3.05) is 6.61 Å². The molecular formula is C11H17NO2S. The fourth-order valence-electron chi connectivity index (χ4n) is 1.27. The van der Waals surface area contributed by atoms with Gasteiger partial charge in [-0.15, -0.1) is 11.3 Å². The highest BCUT2D eigenvalue weighted by atomic mass is 32.1. The molecule has 84 valence electrons. The van der Waals surface area contributed by atoms with Gasteiger partial charge < -0.3 is 10.4 Å². The maximum Gasteiger partial charge on any atom is 0.252 e. The number of aliphatic hydroxyl groups is 1.